The van der Waals surface area contributed by atoms with Gasteiger partial charge >= 0.3 is 0 Å². The Kier molecular flexibility index (Phi) is 5.43. The smallest absolute Gasteiger partial charge is 0.282 e. The van der Waals surface area contributed by atoms with Crippen molar-refractivity contribution in [2.45, 2.75) is 20.0 Å². The third-order valence-electron chi connectivity index (χ3n) is 5.12. The van der Waals surface area contributed by atoms with E-state index in [1.165, 1.54) is 16.2 Å². The molecule has 7 heteroatoms. The molecule has 0 bridgehead atoms. The number of imide groups is 1. The van der Waals surface area contributed by atoms with Crippen molar-refractivity contribution >= 4 is 34.4 Å². The minimum atomic E-state index is -0.286. The van der Waals surface area contributed by atoms with E-state index >= 15 is 0 Å². The van der Waals surface area contributed by atoms with Crippen LogP contribution in [0.2, 0.25) is 0 Å². The topological polar surface area (TPSA) is 53.1 Å². The molecule has 1 fully saturated rings. The average Bonchev–Trinajstić information content (AvgIpc) is 3.29. The third kappa shape index (κ3) is 3.68. The number of carbonyl (C=O) groups excluding carboxylic acids is 2. The van der Waals surface area contributed by atoms with Gasteiger partial charge in [-0.1, -0.05) is 18.2 Å². The lowest BCUT2D eigenvalue weighted by atomic mass is 10.1. The second kappa shape index (κ2) is 8.00. The highest BCUT2D eigenvalue weighted by Gasteiger charge is 2.44. The van der Waals surface area contributed by atoms with Crippen molar-refractivity contribution in [1.82, 2.24) is 9.80 Å². The van der Waals surface area contributed by atoms with Gasteiger partial charge in [-0.15, -0.1) is 11.3 Å². The second-order valence-corrected chi connectivity index (χ2v) is 8.52. The number of anilines is 1. The fourth-order valence-electron chi connectivity index (χ4n) is 3.70. The minimum absolute atomic E-state index is 0.0641. The van der Waals surface area contributed by atoms with Crippen molar-refractivity contribution in [3.63, 3.8) is 0 Å². The molecule has 0 atom stereocenters. The molecule has 2 aliphatic rings. The van der Waals surface area contributed by atoms with Crippen molar-refractivity contribution in [3.8, 4) is 5.75 Å². The number of benzene rings is 1. The molecule has 152 valence electrons. The van der Waals surface area contributed by atoms with Gasteiger partial charge < -0.3 is 14.5 Å². The summed E-state index contributed by atoms with van der Waals surface area (Å²) in [6.45, 7) is 7.01. The maximum Gasteiger partial charge on any atom is 0.282 e. The Labute approximate surface area is 175 Å². The molecule has 0 N–H and O–H groups in total. The molecule has 1 aromatic heterocycles. The second-order valence-electron chi connectivity index (χ2n) is 7.57. The molecule has 1 saturated heterocycles. The number of nitrogens with zero attached hydrogens (tertiary/aromatic N) is 3. The van der Waals surface area contributed by atoms with E-state index < -0.39 is 0 Å². The van der Waals surface area contributed by atoms with E-state index in [0.29, 0.717) is 22.7 Å². The van der Waals surface area contributed by atoms with Gasteiger partial charge in [0, 0.05) is 31.1 Å². The number of likely N-dealkylation sites (N-methyl/N-ethyl adjacent to an activating group) is 1. The fourth-order valence-corrected chi connectivity index (χ4v) is 4.46. The van der Waals surface area contributed by atoms with Gasteiger partial charge in [0.05, 0.1) is 17.4 Å². The Balaban J connectivity index is 1.78. The van der Waals surface area contributed by atoms with E-state index in [0.717, 1.165) is 31.1 Å². The van der Waals surface area contributed by atoms with Crippen molar-refractivity contribution in [1.29, 1.82) is 0 Å². The van der Waals surface area contributed by atoms with Crippen LogP contribution in [0.3, 0.4) is 0 Å². The van der Waals surface area contributed by atoms with E-state index in [1.54, 1.807) is 12.1 Å². The molecule has 2 amide bonds. The minimum Gasteiger partial charge on any atom is -0.489 e. The van der Waals surface area contributed by atoms with Crippen LogP contribution >= 0.6 is 11.3 Å². The monoisotopic (exact) mass is 411 g/mol. The predicted octanol–water partition coefficient (Wildman–Crippen LogP) is 3.07. The maximum atomic E-state index is 13.6. The summed E-state index contributed by atoms with van der Waals surface area (Å²) in [5, 5.41) is 1.93. The number of amides is 2. The van der Waals surface area contributed by atoms with Gasteiger partial charge in [-0.3, -0.25) is 9.59 Å². The molecule has 2 aliphatic heterocycles. The quantitative estimate of drug-likeness (QED) is 0.708. The molecule has 0 spiro atoms. The van der Waals surface area contributed by atoms with E-state index in [9.17, 15) is 9.59 Å². The van der Waals surface area contributed by atoms with Gasteiger partial charge in [-0.05, 0) is 44.5 Å². The van der Waals surface area contributed by atoms with Crippen molar-refractivity contribution in [2.24, 2.45) is 0 Å². The number of ether oxygens (including phenoxy) is 1. The first-order chi connectivity index (χ1) is 14.0. The number of hydrogen-bond donors (Lipinski definition) is 0. The number of thiophene rings is 1. The van der Waals surface area contributed by atoms with Crippen molar-refractivity contribution in [2.75, 3.05) is 38.1 Å². The summed E-state index contributed by atoms with van der Waals surface area (Å²) in [5.41, 5.74) is 1.49. The highest BCUT2D eigenvalue weighted by Crippen LogP contribution is 2.40. The molecule has 0 radical (unpaired) electrons. The molecular weight excluding hydrogens is 386 g/mol. The van der Waals surface area contributed by atoms with E-state index in [1.807, 2.05) is 43.5 Å². The van der Waals surface area contributed by atoms with Gasteiger partial charge in [0.1, 0.15) is 11.4 Å². The van der Waals surface area contributed by atoms with Crippen molar-refractivity contribution in [3.05, 3.63) is 52.4 Å². The maximum absolute atomic E-state index is 13.6. The van der Waals surface area contributed by atoms with Gasteiger partial charge in [0.25, 0.3) is 11.8 Å². The molecule has 2 aromatic rings. The van der Waals surface area contributed by atoms with Crippen LogP contribution < -0.4 is 9.64 Å². The van der Waals surface area contributed by atoms with Crippen LogP contribution in [0.1, 0.15) is 18.7 Å². The van der Waals surface area contributed by atoms with E-state index in [-0.39, 0.29) is 17.9 Å². The van der Waals surface area contributed by atoms with Crippen molar-refractivity contribution < 1.29 is 14.3 Å². The molecule has 6 nitrogen and oxygen atoms in total. The summed E-state index contributed by atoms with van der Waals surface area (Å²) in [6, 6.07) is 11.1. The summed E-state index contributed by atoms with van der Waals surface area (Å²) < 4.78 is 5.89. The molecule has 4 rings (SSSR count). The lowest BCUT2D eigenvalue weighted by molar-refractivity contribution is -0.120. The van der Waals surface area contributed by atoms with Crippen LogP contribution in [0.5, 0.6) is 5.75 Å². The van der Waals surface area contributed by atoms with Crippen LogP contribution in [-0.4, -0.2) is 60.9 Å². The van der Waals surface area contributed by atoms with E-state index in [4.69, 9.17) is 4.74 Å². The molecular formula is C22H25N3O3S. The van der Waals surface area contributed by atoms with Crippen LogP contribution in [0.15, 0.2) is 47.5 Å². The van der Waals surface area contributed by atoms with Gasteiger partial charge in [-0.2, -0.15) is 0 Å². The Hall–Kier alpha value is -2.64. The zero-order chi connectivity index (χ0) is 20.5. The van der Waals surface area contributed by atoms with E-state index in [2.05, 4.69) is 16.8 Å². The summed E-state index contributed by atoms with van der Waals surface area (Å²) in [7, 11) is 2.07. The Morgan fingerprint density at radius 2 is 1.69 bits per heavy atom. The number of piperazine rings is 1. The van der Waals surface area contributed by atoms with Crippen LogP contribution in [0, 0.1) is 0 Å². The van der Waals surface area contributed by atoms with Gasteiger partial charge in [-0.25, -0.2) is 4.90 Å². The lowest BCUT2D eigenvalue weighted by Crippen LogP contribution is -2.46. The summed E-state index contributed by atoms with van der Waals surface area (Å²) >= 11 is 1.48. The first-order valence-electron chi connectivity index (χ1n) is 9.83. The Morgan fingerprint density at radius 3 is 2.34 bits per heavy atom. The molecule has 1 aromatic carbocycles. The lowest BCUT2D eigenvalue weighted by Gasteiger charge is -2.34. The van der Waals surface area contributed by atoms with Gasteiger partial charge in [0.15, 0.2) is 0 Å². The zero-order valence-corrected chi connectivity index (χ0v) is 17.7. The number of para-hydroxylation sites is 2. The first kappa shape index (κ1) is 19.7. The Morgan fingerprint density at radius 1 is 0.966 bits per heavy atom. The van der Waals surface area contributed by atoms with Crippen LogP contribution in [0.4, 0.5) is 5.69 Å². The summed E-state index contributed by atoms with van der Waals surface area (Å²) in [4.78, 5) is 33.5. The third-order valence-corrected chi connectivity index (χ3v) is 6.00. The molecule has 0 saturated carbocycles. The predicted molar refractivity (Wildman–Crippen MR) is 115 cm³/mol. The molecule has 3 heterocycles. The number of carbonyl (C=O) groups is 2. The SMILES string of the molecule is CC(C)Oc1ccccc1N1C(=O)C(c2cccs2)=C(N2CCN(C)CC2)C1=O. The standard InChI is InChI=1S/C22H25N3O3S/c1-15(2)28-17-8-5-4-7-16(17)25-21(26)19(18-9-6-14-29-18)20(22(25)27)24-12-10-23(3)11-13-24/h4-9,14-15H,10-13H2,1-3H3. The highest BCUT2D eigenvalue weighted by atomic mass is 32.1. The Bertz CT molecular complexity index is 944. The summed E-state index contributed by atoms with van der Waals surface area (Å²) in [6.07, 6.45) is -0.0641. The normalized spacial score (nSPS) is 18.3. The first-order valence-corrected chi connectivity index (χ1v) is 10.7. The number of rotatable bonds is 5. The highest BCUT2D eigenvalue weighted by molar-refractivity contribution is 7.11. The molecule has 29 heavy (non-hydrogen) atoms. The van der Waals surface area contributed by atoms with Gasteiger partial charge in [0.2, 0.25) is 0 Å². The number of hydrogen-bond acceptors (Lipinski definition) is 6. The van der Waals surface area contributed by atoms with Crippen LogP contribution in [-0.2, 0) is 9.59 Å². The largest absolute Gasteiger partial charge is 0.489 e. The molecule has 0 aliphatic carbocycles. The van der Waals surface area contributed by atoms with Crippen LogP contribution in [0.25, 0.3) is 5.57 Å². The zero-order valence-electron chi connectivity index (χ0n) is 16.9. The fraction of sp³-hybridized carbons (Fsp3) is 0.364. The molecule has 0 unspecified atom stereocenters. The average molecular weight is 412 g/mol. The summed E-state index contributed by atoms with van der Waals surface area (Å²) in [5.74, 6) is -0.0247.